The Balaban J connectivity index is 1.67. The van der Waals surface area contributed by atoms with Gasteiger partial charge in [0.05, 0.1) is 0 Å². The van der Waals surface area contributed by atoms with Crippen LogP contribution in [0.3, 0.4) is 0 Å². The van der Waals surface area contributed by atoms with E-state index in [1.54, 1.807) is 12.8 Å². The molecule has 0 heteroatoms. The second-order valence-corrected chi connectivity index (χ2v) is 6.59. The van der Waals surface area contributed by atoms with Gasteiger partial charge in [-0.05, 0) is 72.0 Å². The Hall–Kier alpha value is 0. The molecule has 6 aliphatic rings. The molecule has 6 aliphatic carbocycles. The molecule has 12 heavy (non-hydrogen) atoms. The third-order valence-electron chi connectivity index (χ3n) is 6.87. The zero-order valence-electron chi connectivity index (χ0n) is 7.19. The Morgan fingerprint density at radius 3 is 1.08 bits per heavy atom. The maximum absolute atomic E-state index is 1.67. The van der Waals surface area contributed by atoms with Crippen LogP contribution in [0, 0.1) is 59.2 Å². The molecule has 0 nitrogen and oxygen atoms in total. The lowest BCUT2D eigenvalue weighted by Crippen LogP contribution is -2.60. The van der Waals surface area contributed by atoms with Crippen molar-refractivity contribution in [2.75, 3.05) is 0 Å². The molecule has 0 aliphatic heterocycles. The van der Waals surface area contributed by atoms with Crippen molar-refractivity contribution in [3.8, 4) is 0 Å². The van der Waals surface area contributed by atoms with Crippen molar-refractivity contribution in [1.82, 2.24) is 0 Å². The highest BCUT2D eigenvalue weighted by Gasteiger charge is 2.87. The van der Waals surface area contributed by atoms with Gasteiger partial charge < -0.3 is 0 Å². The van der Waals surface area contributed by atoms with Gasteiger partial charge in [-0.15, -0.1) is 0 Å². The minimum atomic E-state index is 1.28. The van der Waals surface area contributed by atoms with Crippen molar-refractivity contribution in [2.45, 2.75) is 12.8 Å². The van der Waals surface area contributed by atoms with E-state index in [1.165, 1.54) is 59.2 Å². The normalized spacial score (nSPS) is 94.0. The zero-order valence-corrected chi connectivity index (χ0v) is 7.19. The Bertz CT molecular complexity index is 260. The molecule has 0 N–H and O–H groups in total. The minimum absolute atomic E-state index is 1.28. The molecule has 8 unspecified atom stereocenters. The summed E-state index contributed by atoms with van der Waals surface area (Å²) >= 11 is 0. The topological polar surface area (TPSA) is 0 Å². The van der Waals surface area contributed by atoms with Crippen LogP contribution in [0.2, 0.25) is 0 Å². The molecule has 0 amide bonds. The molecular weight excluding hydrogens is 144 g/mol. The van der Waals surface area contributed by atoms with Crippen LogP contribution in [0.25, 0.3) is 0 Å². The highest BCUT2D eigenvalue weighted by Crippen LogP contribution is 2.91. The van der Waals surface area contributed by atoms with Gasteiger partial charge in [0.1, 0.15) is 0 Å². The first kappa shape index (κ1) is 5.02. The minimum Gasteiger partial charge on any atom is -0.0465 e. The lowest BCUT2D eigenvalue weighted by atomic mass is 9.41. The van der Waals surface area contributed by atoms with Gasteiger partial charge in [0, 0.05) is 0 Å². The molecule has 0 saturated heterocycles. The summed E-state index contributed by atoms with van der Waals surface area (Å²) in [6.45, 7) is 0. The van der Waals surface area contributed by atoms with Gasteiger partial charge in [-0.1, -0.05) is 0 Å². The molecule has 0 spiro atoms. The van der Waals surface area contributed by atoms with Crippen molar-refractivity contribution in [3.05, 3.63) is 0 Å². The Morgan fingerprint density at radius 1 is 0.417 bits per heavy atom. The molecular formula is C12H14. The number of hydrogen-bond acceptors (Lipinski definition) is 0. The molecule has 0 aromatic rings. The average molecular weight is 158 g/mol. The van der Waals surface area contributed by atoms with Gasteiger partial charge in [-0.3, -0.25) is 0 Å². The monoisotopic (exact) mass is 158 g/mol. The third kappa shape index (κ3) is 0.258. The maximum atomic E-state index is 1.67. The molecule has 6 rings (SSSR count). The highest BCUT2D eigenvalue weighted by atomic mass is 14.9. The molecule has 0 aromatic carbocycles. The number of hydrogen-bond donors (Lipinski definition) is 0. The second kappa shape index (κ2) is 1.07. The van der Waals surface area contributed by atoms with Crippen LogP contribution >= 0.6 is 0 Å². The fourth-order valence-electron chi connectivity index (χ4n) is 6.80. The molecule has 6 fully saturated rings. The molecule has 62 valence electrons. The summed E-state index contributed by atoms with van der Waals surface area (Å²) in [6, 6.07) is 0. The number of fused-ring (bicyclic) bond motifs is 8. The van der Waals surface area contributed by atoms with Gasteiger partial charge in [0.2, 0.25) is 0 Å². The van der Waals surface area contributed by atoms with E-state index in [0.717, 1.165) is 0 Å². The smallest absolute Gasteiger partial charge is 0.0312 e. The van der Waals surface area contributed by atoms with Crippen molar-refractivity contribution in [1.29, 1.82) is 0 Å². The molecule has 8 atom stereocenters. The highest BCUT2D eigenvalue weighted by molar-refractivity contribution is 5.34. The summed E-state index contributed by atoms with van der Waals surface area (Å²) in [4.78, 5) is 0. The average Bonchev–Trinajstić information content (AvgIpc) is 2.73. The summed E-state index contributed by atoms with van der Waals surface area (Å²) < 4.78 is 0. The van der Waals surface area contributed by atoms with Gasteiger partial charge in [0.15, 0.2) is 0 Å². The number of rotatable bonds is 0. The fraction of sp³-hybridized carbons (Fsp3) is 1.00. The standard InChI is InChI=1S/C12H14/c1-3-4(1)8-10-6-2-5(6)9-7(3)11(8)12(9)10/h3-12H,1-2H2. The fourth-order valence-corrected chi connectivity index (χ4v) is 6.80. The van der Waals surface area contributed by atoms with Crippen LogP contribution in [-0.4, -0.2) is 0 Å². The summed E-state index contributed by atoms with van der Waals surface area (Å²) in [5.74, 6) is 13.0. The molecule has 6 saturated carbocycles. The molecule has 0 heterocycles. The molecule has 0 bridgehead atoms. The predicted octanol–water partition coefficient (Wildman–Crippen LogP) is 2.01. The van der Waals surface area contributed by atoms with E-state index in [-0.39, 0.29) is 0 Å². The van der Waals surface area contributed by atoms with Crippen LogP contribution in [-0.2, 0) is 0 Å². The van der Waals surface area contributed by atoms with E-state index in [2.05, 4.69) is 0 Å². The quantitative estimate of drug-likeness (QED) is 0.473. The first-order valence-corrected chi connectivity index (χ1v) is 5.97. The summed E-state index contributed by atoms with van der Waals surface area (Å²) in [5, 5.41) is 0. The second-order valence-electron chi connectivity index (χ2n) is 6.59. The van der Waals surface area contributed by atoms with E-state index in [0.29, 0.717) is 0 Å². The first-order chi connectivity index (χ1) is 5.97. The Morgan fingerprint density at radius 2 is 0.750 bits per heavy atom. The third-order valence-corrected chi connectivity index (χ3v) is 6.87. The first-order valence-electron chi connectivity index (χ1n) is 5.97. The summed E-state index contributed by atoms with van der Waals surface area (Å²) in [5.41, 5.74) is 0. The van der Waals surface area contributed by atoms with Crippen molar-refractivity contribution < 1.29 is 0 Å². The van der Waals surface area contributed by atoms with Crippen molar-refractivity contribution in [3.63, 3.8) is 0 Å². The van der Waals surface area contributed by atoms with E-state index in [1.807, 2.05) is 0 Å². The van der Waals surface area contributed by atoms with E-state index >= 15 is 0 Å². The van der Waals surface area contributed by atoms with Crippen LogP contribution in [0.1, 0.15) is 12.8 Å². The maximum Gasteiger partial charge on any atom is -0.0312 e. The van der Waals surface area contributed by atoms with Crippen LogP contribution < -0.4 is 0 Å². The predicted molar refractivity (Wildman–Crippen MR) is 44.1 cm³/mol. The van der Waals surface area contributed by atoms with Crippen molar-refractivity contribution in [2.24, 2.45) is 59.2 Å². The van der Waals surface area contributed by atoms with Gasteiger partial charge >= 0.3 is 0 Å². The van der Waals surface area contributed by atoms with Crippen LogP contribution in [0.4, 0.5) is 0 Å². The van der Waals surface area contributed by atoms with Crippen LogP contribution in [0.15, 0.2) is 0 Å². The summed E-state index contributed by atoms with van der Waals surface area (Å²) in [7, 11) is 0. The Labute approximate surface area is 72.7 Å². The lowest BCUT2D eigenvalue weighted by molar-refractivity contribution is -0.166. The van der Waals surface area contributed by atoms with E-state index in [9.17, 15) is 0 Å². The van der Waals surface area contributed by atoms with Crippen molar-refractivity contribution >= 4 is 0 Å². The van der Waals surface area contributed by atoms with E-state index < -0.39 is 0 Å². The molecule has 0 aromatic heterocycles. The molecule has 0 radical (unpaired) electrons. The summed E-state index contributed by atoms with van der Waals surface area (Å²) in [6.07, 6.45) is 3.34. The van der Waals surface area contributed by atoms with Gasteiger partial charge in [-0.25, -0.2) is 0 Å². The largest absolute Gasteiger partial charge is 0.0465 e. The van der Waals surface area contributed by atoms with Gasteiger partial charge in [0.25, 0.3) is 0 Å². The van der Waals surface area contributed by atoms with E-state index in [4.69, 9.17) is 0 Å². The lowest BCUT2D eigenvalue weighted by Gasteiger charge is -2.63. The zero-order chi connectivity index (χ0) is 7.19. The van der Waals surface area contributed by atoms with Gasteiger partial charge in [-0.2, -0.15) is 0 Å². The van der Waals surface area contributed by atoms with Crippen LogP contribution in [0.5, 0.6) is 0 Å². The Kier molecular flexibility index (Phi) is 0.450. The SMILES string of the molecule is C1C2C1C1C3C4CC4C4C2C1C43.